The fourth-order valence-corrected chi connectivity index (χ4v) is 3.62. The molecular weight excluding hydrogens is 292 g/mol. The molecule has 0 radical (unpaired) electrons. The standard InChI is InChI=1S/C17H26N4O2/c1-18-17-13(5-4-6-19-17)10-20-11-14(15(22)12-20)9-16(23)21-7-2-3-8-21/h4-6,14-15,22H,2-3,7-12H2,1H3,(H,18,19)/t14-,15-/m0/s1. The van der Waals surface area contributed by atoms with Crippen molar-refractivity contribution in [1.29, 1.82) is 0 Å². The van der Waals surface area contributed by atoms with Crippen LogP contribution < -0.4 is 5.32 Å². The lowest BCUT2D eigenvalue weighted by atomic mass is 10.0. The van der Waals surface area contributed by atoms with Crippen LogP contribution in [-0.2, 0) is 11.3 Å². The monoisotopic (exact) mass is 318 g/mol. The normalized spacial score (nSPS) is 25.0. The number of aromatic nitrogens is 1. The van der Waals surface area contributed by atoms with Crippen LogP contribution >= 0.6 is 0 Å². The van der Waals surface area contributed by atoms with Gasteiger partial charge in [-0.15, -0.1) is 0 Å². The first-order valence-corrected chi connectivity index (χ1v) is 8.47. The van der Waals surface area contributed by atoms with E-state index in [1.807, 2.05) is 24.1 Å². The van der Waals surface area contributed by atoms with Gasteiger partial charge < -0.3 is 15.3 Å². The Kier molecular flexibility index (Phi) is 5.13. The number of hydrogen-bond donors (Lipinski definition) is 2. The summed E-state index contributed by atoms with van der Waals surface area (Å²) in [5.74, 6) is 1.11. The summed E-state index contributed by atoms with van der Waals surface area (Å²) in [6.45, 7) is 3.89. The smallest absolute Gasteiger partial charge is 0.222 e. The molecule has 0 aromatic carbocycles. The Morgan fingerprint density at radius 1 is 1.39 bits per heavy atom. The maximum absolute atomic E-state index is 12.3. The van der Waals surface area contributed by atoms with E-state index in [9.17, 15) is 9.90 Å². The maximum atomic E-state index is 12.3. The molecule has 2 fully saturated rings. The molecule has 0 spiro atoms. The minimum atomic E-state index is -0.420. The highest BCUT2D eigenvalue weighted by molar-refractivity contribution is 5.76. The largest absolute Gasteiger partial charge is 0.391 e. The van der Waals surface area contributed by atoms with Crippen LogP contribution in [0.2, 0.25) is 0 Å². The molecule has 2 saturated heterocycles. The quantitative estimate of drug-likeness (QED) is 0.845. The third-order valence-electron chi connectivity index (χ3n) is 4.90. The van der Waals surface area contributed by atoms with E-state index in [0.717, 1.165) is 50.4 Å². The van der Waals surface area contributed by atoms with Crippen LogP contribution in [0.4, 0.5) is 5.82 Å². The maximum Gasteiger partial charge on any atom is 0.222 e. The zero-order valence-corrected chi connectivity index (χ0v) is 13.7. The third kappa shape index (κ3) is 3.82. The summed E-state index contributed by atoms with van der Waals surface area (Å²) < 4.78 is 0. The molecular formula is C17H26N4O2. The fourth-order valence-electron chi connectivity index (χ4n) is 3.62. The number of carbonyl (C=O) groups is 1. The lowest BCUT2D eigenvalue weighted by Crippen LogP contribution is -2.32. The molecule has 0 aliphatic carbocycles. The van der Waals surface area contributed by atoms with Crippen LogP contribution in [-0.4, -0.2) is 65.1 Å². The number of carbonyl (C=O) groups excluding carboxylic acids is 1. The van der Waals surface area contributed by atoms with Crippen molar-refractivity contribution in [2.24, 2.45) is 5.92 Å². The molecule has 0 saturated carbocycles. The topological polar surface area (TPSA) is 68.7 Å². The van der Waals surface area contributed by atoms with Crippen LogP contribution in [0.3, 0.4) is 0 Å². The number of likely N-dealkylation sites (tertiary alicyclic amines) is 2. The molecule has 1 aromatic heterocycles. The third-order valence-corrected chi connectivity index (χ3v) is 4.90. The average Bonchev–Trinajstić information content (AvgIpc) is 3.19. The van der Waals surface area contributed by atoms with E-state index in [2.05, 4.69) is 15.2 Å². The summed E-state index contributed by atoms with van der Waals surface area (Å²) in [6, 6.07) is 3.98. The Hall–Kier alpha value is -1.66. The van der Waals surface area contributed by atoms with Crippen LogP contribution in [0.1, 0.15) is 24.8 Å². The van der Waals surface area contributed by atoms with Gasteiger partial charge in [-0.05, 0) is 18.9 Å². The fraction of sp³-hybridized carbons (Fsp3) is 0.647. The number of rotatable bonds is 5. The van der Waals surface area contributed by atoms with Gasteiger partial charge in [0.25, 0.3) is 0 Å². The van der Waals surface area contributed by atoms with Crippen molar-refractivity contribution in [1.82, 2.24) is 14.8 Å². The molecule has 23 heavy (non-hydrogen) atoms. The zero-order chi connectivity index (χ0) is 16.2. The van der Waals surface area contributed by atoms with Gasteiger partial charge in [-0.2, -0.15) is 0 Å². The molecule has 0 unspecified atom stereocenters. The first kappa shape index (κ1) is 16.2. The van der Waals surface area contributed by atoms with Gasteiger partial charge in [-0.25, -0.2) is 4.98 Å². The summed E-state index contributed by atoms with van der Waals surface area (Å²) in [5.41, 5.74) is 1.12. The van der Waals surface area contributed by atoms with E-state index in [4.69, 9.17) is 0 Å². The molecule has 6 heteroatoms. The van der Waals surface area contributed by atoms with E-state index < -0.39 is 6.10 Å². The Bertz CT molecular complexity index is 545. The number of aliphatic hydroxyl groups excluding tert-OH is 1. The van der Waals surface area contributed by atoms with Crippen molar-refractivity contribution >= 4 is 11.7 Å². The van der Waals surface area contributed by atoms with E-state index in [0.29, 0.717) is 13.0 Å². The Balaban J connectivity index is 1.56. The average molecular weight is 318 g/mol. The van der Waals surface area contributed by atoms with Gasteiger partial charge in [0.1, 0.15) is 5.82 Å². The number of hydrogen-bond acceptors (Lipinski definition) is 5. The summed E-state index contributed by atoms with van der Waals surface area (Å²) in [5, 5.41) is 13.4. The molecule has 0 bridgehead atoms. The predicted molar refractivity (Wildman–Crippen MR) is 89.0 cm³/mol. The second-order valence-corrected chi connectivity index (χ2v) is 6.57. The van der Waals surface area contributed by atoms with Crippen molar-refractivity contribution < 1.29 is 9.90 Å². The van der Waals surface area contributed by atoms with Gasteiger partial charge in [0.15, 0.2) is 0 Å². The highest BCUT2D eigenvalue weighted by Crippen LogP contribution is 2.25. The van der Waals surface area contributed by atoms with Crippen molar-refractivity contribution in [2.45, 2.75) is 31.9 Å². The molecule has 2 aliphatic heterocycles. The Labute approximate surface area is 137 Å². The molecule has 1 amide bonds. The molecule has 3 rings (SSSR count). The molecule has 2 N–H and O–H groups in total. The number of aliphatic hydroxyl groups is 1. The van der Waals surface area contributed by atoms with Gasteiger partial charge in [0.05, 0.1) is 6.10 Å². The van der Waals surface area contributed by atoms with Crippen molar-refractivity contribution in [3.63, 3.8) is 0 Å². The van der Waals surface area contributed by atoms with E-state index in [-0.39, 0.29) is 11.8 Å². The minimum absolute atomic E-state index is 0.0396. The Morgan fingerprint density at radius 3 is 2.91 bits per heavy atom. The minimum Gasteiger partial charge on any atom is -0.391 e. The molecule has 1 aromatic rings. The second-order valence-electron chi connectivity index (χ2n) is 6.57. The SMILES string of the molecule is CNc1ncccc1CN1C[C@H](CC(=O)N2CCCC2)[C@@H](O)C1. The number of nitrogens with zero attached hydrogens (tertiary/aromatic N) is 3. The van der Waals surface area contributed by atoms with E-state index in [1.165, 1.54) is 0 Å². The van der Waals surface area contributed by atoms with Gasteiger partial charge in [-0.1, -0.05) is 6.07 Å². The number of pyridine rings is 1. The second kappa shape index (κ2) is 7.27. The Morgan fingerprint density at radius 2 is 2.17 bits per heavy atom. The summed E-state index contributed by atoms with van der Waals surface area (Å²) in [4.78, 5) is 20.8. The molecule has 6 nitrogen and oxygen atoms in total. The number of β-amino-alcohol motifs (C(OH)–C–C–N with tert-alkyl or cyclic N) is 1. The van der Waals surface area contributed by atoms with E-state index >= 15 is 0 Å². The molecule has 2 atom stereocenters. The highest BCUT2D eigenvalue weighted by Gasteiger charge is 2.34. The lowest BCUT2D eigenvalue weighted by molar-refractivity contribution is -0.131. The van der Waals surface area contributed by atoms with Gasteiger partial charge in [-0.3, -0.25) is 9.69 Å². The van der Waals surface area contributed by atoms with Crippen LogP contribution in [0.25, 0.3) is 0 Å². The predicted octanol–water partition coefficient (Wildman–Crippen LogP) is 0.928. The summed E-state index contributed by atoms with van der Waals surface area (Å²) in [6.07, 6.45) is 4.03. The molecule has 126 valence electrons. The van der Waals surface area contributed by atoms with Gasteiger partial charge in [0, 0.05) is 63.9 Å². The van der Waals surface area contributed by atoms with Gasteiger partial charge >= 0.3 is 0 Å². The van der Waals surface area contributed by atoms with Crippen LogP contribution in [0, 0.1) is 5.92 Å². The highest BCUT2D eigenvalue weighted by atomic mass is 16.3. The van der Waals surface area contributed by atoms with Crippen molar-refractivity contribution in [2.75, 3.05) is 38.5 Å². The molecule has 3 heterocycles. The van der Waals surface area contributed by atoms with Gasteiger partial charge in [0.2, 0.25) is 5.91 Å². The van der Waals surface area contributed by atoms with Crippen LogP contribution in [0.15, 0.2) is 18.3 Å². The van der Waals surface area contributed by atoms with Crippen LogP contribution in [0.5, 0.6) is 0 Å². The first-order valence-electron chi connectivity index (χ1n) is 8.47. The molecule has 2 aliphatic rings. The van der Waals surface area contributed by atoms with Crippen molar-refractivity contribution in [3.05, 3.63) is 23.9 Å². The van der Waals surface area contributed by atoms with Crippen molar-refractivity contribution in [3.8, 4) is 0 Å². The first-order chi connectivity index (χ1) is 11.2. The number of anilines is 1. The number of nitrogens with one attached hydrogen (secondary N) is 1. The van der Waals surface area contributed by atoms with E-state index in [1.54, 1.807) is 6.20 Å². The zero-order valence-electron chi connectivity index (χ0n) is 13.7. The number of amides is 1. The summed E-state index contributed by atoms with van der Waals surface area (Å²) >= 11 is 0. The summed E-state index contributed by atoms with van der Waals surface area (Å²) in [7, 11) is 1.86. The lowest BCUT2D eigenvalue weighted by Gasteiger charge is -2.20.